The molecule has 1 amide bonds. The van der Waals surface area contributed by atoms with Gasteiger partial charge in [-0.1, -0.05) is 12.1 Å². The number of amides is 1. The minimum Gasteiger partial charge on any atom is -0.381 e. The summed E-state index contributed by atoms with van der Waals surface area (Å²) in [7, 11) is 0. The summed E-state index contributed by atoms with van der Waals surface area (Å²) in [6.45, 7) is 1.04. The van der Waals surface area contributed by atoms with E-state index in [0.29, 0.717) is 38.2 Å². The predicted octanol–water partition coefficient (Wildman–Crippen LogP) is 1.20. The first-order valence-electron chi connectivity index (χ1n) is 6.28. The Bertz CT molecular complexity index is 484. The van der Waals surface area contributed by atoms with Crippen LogP contribution in [0.15, 0.2) is 24.3 Å². The molecule has 0 atom stereocenters. The summed E-state index contributed by atoms with van der Waals surface area (Å²) in [5.74, 6) is -0.177. The van der Waals surface area contributed by atoms with E-state index < -0.39 is 5.54 Å². The van der Waals surface area contributed by atoms with E-state index in [-0.39, 0.29) is 5.91 Å². The first-order chi connectivity index (χ1) is 9.14. The van der Waals surface area contributed by atoms with Gasteiger partial charge in [0.05, 0.1) is 12.5 Å². The highest BCUT2D eigenvalue weighted by molar-refractivity contribution is 5.98. The third kappa shape index (κ3) is 3.31. The van der Waals surface area contributed by atoms with Gasteiger partial charge in [-0.2, -0.15) is 5.26 Å². The van der Waals surface area contributed by atoms with Crippen molar-refractivity contribution in [2.24, 2.45) is 5.73 Å². The zero-order chi connectivity index (χ0) is 13.7. The molecule has 0 spiro atoms. The summed E-state index contributed by atoms with van der Waals surface area (Å²) in [4.78, 5) is 12.2. The molecule has 3 N–H and O–H groups in total. The molecule has 1 aliphatic rings. The highest BCUT2D eigenvalue weighted by atomic mass is 16.5. The maximum atomic E-state index is 12.2. The van der Waals surface area contributed by atoms with E-state index in [9.17, 15) is 4.79 Å². The van der Waals surface area contributed by atoms with Crippen LogP contribution in [0.2, 0.25) is 0 Å². The monoisotopic (exact) mass is 259 g/mol. The average molecular weight is 259 g/mol. The number of nitrogens with one attached hydrogen (secondary N) is 1. The summed E-state index contributed by atoms with van der Waals surface area (Å²) in [6.07, 6.45) is 1.43. The molecule has 1 fully saturated rings. The van der Waals surface area contributed by atoms with Crippen molar-refractivity contribution < 1.29 is 9.53 Å². The van der Waals surface area contributed by atoms with Crippen molar-refractivity contribution >= 4 is 11.6 Å². The molecule has 0 aromatic heterocycles. The van der Waals surface area contributed by atoms with Gasteiger partial charge in [0.25, 0.3) is 0 Å². The standard InChI is InChI=1S/C14H17N3O2/c15-8-5-11-1-3-12(4-2-11)17-13(18)14(16)6-9-19-10-7-14/h1-4H,5-7,9-10,16H2,(H,17,18). The smallest absolute Gasteiger partial charge is 0.244 e. The second-order valence-electron chi connectivity index (χ2n) is 4.75. The van der Waals surface area contributed by atoms with Gasteiger partial charge < -0.3 is 15.8 Å². The van der Waals surface area contributed by atoms with Gasteiger partial charge in [-0.25, -0.2) is 0 Å². The molecule has 1 aromatic carbocycles. The Labute approximate surface area is 112 Å². The molecule has 0 aliphatic carbocycles. The van der Waals surface area contributed by atoms with Crippen molar-refractivity contribution in [3.63, 3.8) is 0 Å². The molecule has 0 radical (unpaired) electrons. The van der Waals surface area contributed by atoms with Gasteiger partial charge in [-0.3, -0.25) is 4.79 Å². The first-order valence-corrected chi connectivity index (χ1v) is 6.28. The van der Waals surface area contributed by atoms with Gasteiger partial charge in [0, 0.05) is 18.9 Å². The fourth-order valence-electron chi connectivity index (χ4n) is 2.02. The molecular weight excluding hydrogens is 242 g/mol. The molecule has 5 nitrogen and oxygen atoms in total. The zero-order valence-electron chi connectivity index (χ0n) is 10.7. The fraction of sp³-hybridized carbons (Fsp3) is 0.429. The molecule has 1 heterocycles. The zero-order valence-corrected chi connectivity index (χ0v) is 10.7. The number of ether oxygens (including phenoxy) is 1. The molecule has 1 aromatic rings. The van der Waals surface area contributed by atoms with Crippen LogP contribution >= 0.6 is 0 Å². The Kier molecular flexibility index (Phi) is 4.15. The van der Waals surface area contributed by atoms with Crippen LogP contribution in [-0.2, 0) is 16.0 Å². The Balaban J connectivity index is 2.00. The lowest BCUT2D eigenvalue weighted by molar-refractivity contribution is -0.124. The molecule has 1 saturated heterocycles. The van der Waals surface area contributed by atoms with Crippen LogP contribution in [0.1, 0.15) is 18.4 Å². The van der Waals surface area contributed by atoms with E-state index in [2.05, 4.69) is 11.4 Å². The summed E-state index contributed by atoms with van der Waals surface area (Å²) in [5.41, 5.74) is 6.87. The number of rotatable bonds is 3. The van der Waals surface area contributed by atoms with Gasteiger partial charge in [0.15, 0.2) is 0 Å². The Morgan fingerprint density at radius 3 is 2.58 bits per heavy atom. The normalized spacial score (nSPS) is 17.5. The summed E-state index contributed by atoms with van der Waals surface area (Å²) in [5, 5.41) is 11.4. The second kappa shape index (κ2) is 5.83. The highest BCUT2D eigenvalue weighted by Gasteiger charge is 2.35. The van der Waals surface area contributed by atoms with Crippen LogP contribution < -0.4 is 11.1 Å². The van der Waals surface area contributed by atoms with Crippen LogP contribution in [0.5, 0.6) is 0 Å². The lowest BCUT2D eigenvalue weighted by atomic mass is 9.90. The molecular formula is C14H17N3O2. The molecule has 1 aliphatic heterocycles. The Morgan fingerprint density at radius 2 is 2.00 bits per heavy atom. The first kappa shape index (κ1) is 13.5. The van der Waals surface area contributed by atoms with E-state index in [0.717, 1.165) is 5.56 Å². The number of carbonyl (C=O) groups excluding carboxylic acids is 1. The number of hydrogen-bond donors (Lipinski definition) is 2. The molecule has 19 heavy (non-hydrogen) atoms. The summed E-state index contributed by atoms with van der Waals surface area (Å²) in [6, 6.07) is 9.30. The molecule has 2 rings (SSSR count). The number of anilines is 1. The molecule has 0 bridgehead atoms. The highest BCUT2D eigenvalue weighted by Crippen LogP contribution is 2.20. The van der Waals surface area contributed by atoms with Gasteiger partial charge in [0.1, 0.15) is 5.54 Å². The maximum Gasteiger partial charge on any atom is 0.244 e. The summed E-state index contributed by atoms with van der Waals surface area (Å²) < 4.78 is 5.22. The minimum atomic E-state index is -0.844. The van der Waals surface area contributed by atoms with Crippen LogP contribution in [0.25, 0.3) is 0 Å². The van der Waals surface area contributed by atoms with Crippen molar-refractivity contribution in [2.75, 3.05) is 18.5 Å². The predicted molar refractivity (Wildman–Crippen MR) is 71.4 cm³/mol. The number of nitrogens with two attached hydrogens (primary N) is 1. The molecule has 0 saturated carbocycles. The van der Waals surface area contributed by atoms with Crippen LogP contribution in [0.3, 0.4) is 0 Å². The quantitative estimate of drug-likeness (QED) is 0.853. The van der Waals surface area contributed by atoms with E-state index >= 15 is 0 Å². The third-order valence-electron chi connectivity index (χ3n) is 3.33. The van der Waals surface area contributed by atoms with Crippen molar-refractivity contribution in [3.8, 4) is 6.07 Å². The second-order valence-corrected chi connectivity index (χ2v) is 4.75. The van der Waals surface area contributed by atoms with Crippen molar-refractivity contribution in [2.45, 2.75) is 24.8 Å². The van der Waals surface area contributed by atoms with E-state index in [4.69, 9.17) is 15.7 Å². The Morgan fingerprint density at radius 1 is 1.37 bits per heavy atom. The molecule has 0 unspecified atom stereocenters. The van der Waals surface area contributed by atoms with Crippen molar-refractivity contribution in [3.05, 3.63) is 29.8 Å². The van der Waals surface area contributed by atoms with Crippen molar-refractivity contribution in [1.82, 2.24) is 0 Å². The SMILES string of the molecule is N#CCc1ccc(NC(=O)C2(N)CCOCC2)cc1. The number of benzene rings is 1. The fourth-order valence-corrected chi connectivity index (χ4v) is 2.02. The van der Waals surface area contributed by atoms with E-state index in [1.807, 2.05) is 12.1 Å². The number of nitrogens with zero attached hydrogens (tertiary/aromatic N) is 1. The number of hydrogen-bond acceptors (Lipinski definition) is 4. The van der Waals surface area contributed by atoms with E-state index in [1.165, 1.54) is 0 Å². The lowest BCUT2D eigenvalue weighted by Gasteiger charge is -2.31. The number of carbonyl (C=O) groups is 1. The molecule has 5 heteroatoms. The minimum absolute atomic E-state index is 0.177. The number of nitriles is 1. The lowest BCUT2D eigenvalue weighted by Crippen LogP contribution is -2.54. The van der Waals surface area contributed by atoms with Gasteiger partial charge in [-0.15, -0.1) is 0 Å². The third-order valence-corrected chi connectivity index (χ3v) is 3.33. The van der Waals surface area contributed by atoms with E-state index in [1.54, 1.807) is 12.1 Å². The van der Waals surface area contributed by atoms with Gasteiger partial charge in [-0.05, 0) is 30.5 Å². The topological polar surface area (TPSA) is 88.1 Å². The summed E-state index contributed by atoms with van der Waals surface area (Å²) >= 11 is 0. The van der Waals surface area contributed by atoms with Gasteiger partial charge in [0.2, 0.25) is 5.91 Å². The van der Waals surface area contributed by atoms with Crippen LogP contribution in [-0.4, -0.2) is 24.7 Å². The average Bonchev–Trinajstić information content (AvgIpc) is 2.42. The molecule has 100 valence electrons. The van der Waals surface area contributed by atoms with Crippen LogP contribution in [0.4, 0.5) is 5.69 Å². The van der Waals surface area contributed by atoms with Crippen LogP contribution in [0, 0.1) is 11.3 Å². The Hall–Kier alpha value is -1.90. The van der Waals surface area contributed by atoms with Gasteiger partial charge >= 0.3 is 0 Å². The maximum absolute atomic E-state index is 12.2. The van der Waals surface area contributed by atoms with Crippen molar-refractivity contribution in [1.29, 1.82) is 5.26 Å². The largest absolute Gasteiger partial charge is 0.381 e.